The maximum Gasteiger partial charge on any atom is 0.274 e. The van der Waals surface area contributed by atoms with Crippen molar-refractivity contribution in [3.05, 3.63) is 438 Å². The predicted octanol–water partition coefficient (Wildman–Crippen LogP) is 22.4. The van der Waals surface area contributed by atoms with Crippen molar-refractivity contribution in [3.8, 4) is 56.3 Å². The SMILES string of the molecule is CC(C)(C)Nc1ccc(-c2nn(Cc3ccc(Cl)cc3)c(=O)c3ccccc23)c(F)n1.CN(C)c1ccc(-c2nn(Cc3ccc(Cl)cc3)c(=O)c3ccccc23)c(F)n1.CNc1ccc(-c2nn(Cc3ccc(Cl)cc3)c(=O)c3ccccc23)c(F)n1.COCNc1ccc(-c2nn(Cc3ccc(Cl)cc3)c(=O)c3ccccc23)c(F)n1.Nc1ccc(-c2nn(Cc3ccc(Cl)cc3)c(=O)c3ccccc23)c(F)n1. The van der Waals surface area contributed by atoms with Crippen LogP contribution in [0, 0.1) is 29.7 Å². The molecule has 0 aliphatic heterocycles. The van der Waals surface area contributed by atoms with Crippen molar-refractivity contribution in [2.45, 2.75) is 59.0 Å². The highest BCUT2D eigenvalue weighted by atomic mass is 35.5. The van der Waals surface area contributed by atoms with E-state index < -0.39 is 29.7 Å². The van der Waals surface area contributed by atoms with Crippen molar-refractivity contribution < 1.29 is 26.7 Å². The Balaban J connectivity index is 0.000000130. The van der Waals surface area contributed by atoms with E-state index in [0.29, 0.717) is 131 Å². The number of halogens is 10. The number of nitrogens with two attached hydrogens (primary N) is 1. The van der Waals surface area contributed by atoms with E-state index in [1.54, 1.807) is 257 Å². The molecule has 0 unspecified atom stereocenters. The highest BCUT2D eigenvalue weighted by Gasteiger charge is 2.25. The smallest absolute Gasteiger partial charge is 0.274 e. The number of pyridine rings is 5. The molecule has 10 heterocycles. The van der Waals surface area contributed by atoms with Crippen LogP contribution in [0.25, 0.3) is 110 Å². The lowest BCUT2D eigenvalue weighted by Gasteiger charge is -2.21. The van der Waals surface area contributed by atoms with Crippen LogP contribution in [-0.4, -0.2) is 114 Å². The molecule has 0 aliphatic rings. The normalized spacial score (nSPS) is 11.2. The van der Waals surface area contributed by atoms with E-state index in [1.165, 1.54) is 42.7 Å². The van der Waals surface area contributed by atoms with Gasteiger partial charge in [0, 0.05) is 85.8 Å². The monoisotopic (exact) mass is 2040 g/mol. The second-order valence-corrected chi connectivity index (χ2v) is 36.4. The maximum atomic E-state index is 15.0. The molecule has 0 fully saturated rings. The van der Waals surface area contributed by atoms with Gasteiger partial charge < -0.3 is 31.3 Å². The summed E-state index contributed by atoms with van der Waals surface area (Å²) in [4.78, 5) is 86.1. The minimum absolute atomic E-state index is 0.0787. The fourth-order valence-corrected chi connectivity index (χ4v) is 16.3. The average molecular weight is 2050 g/mol. The number of ether oxygens (including phenoxy) is 1. The van der Waals surface area contributed by atoms with Crippen molar-refractivity contribution in [2.24, 2.45) is 0 Å². The van der Waals surface area contributed by atoms with Gasteiger partial charge in [0.25, 0.3) is 27.8 Å². The van der Waals surface area contributed by atoms with Crippen molar-refractivity contribution in [2.75, 3.05) is 61.6 Å². The molecule has 0 saturated heterocycles. The fourth-order valence-electron chi connectivity index (χ4n) is 15.7. The van der Waals surface area contributed by atoms with Gasteiger partial charge in [0.2, 0.25) is 29.7 Å². The summed E-state index contributed by atoms with van der Waals surface area (Å²) >= 11 is 29.7. The number of fused-ring (bicyclic) bond motifs is 5. The molecule has 36 heteroatoms. The molecular formula is C109H88Cl5F5N20O6. The zero-order chi connectivity index (χ0) is 102. The first kappa shape index (κ1) is 102. The number of hydrogen-bond acceptors (Lipinski definition) is 21. The maximum absolute atomic E-state index is 15.0. The molecule has 0 bridgehead atoms. The number of rotatable bonds is 21. The van der Waals surface area contributed by atoms with Gasteiger partial charge in [-0.25, -0.2) is 48.3 Å². The molecular weight excluding hydrogens is 1960 g/mol. The van der Waals surface area contributed by atoms with Gasteiger partial charge in [-0.2, -0.15) is 47.4 Å². The van der Waals surface area contributed by atoms with Crippen LogP contribution >= 0.6 is 58.0 Å². The van der Waals surface area contributed by atoms with E-state index in [0.717, 1.165) is 27.8 Å². The Labute approximate surface area is 850 Å². The van der Waals surface area contributed by atoms with E-state index in [4.69, 9.17) is 68.5 Å². The number of nitrogen functional groups attached to an aromatic ring is 1. The molecule has 0 saturated carbocycles. The average Bonchev–Trinajstić information content (AvgIpc) is 0.783. The van der Waals surface area contributed by atoms with Crippen LogP contribution < -0.4 is 54.4 Å². The Hall–Kier alpha value is -16.3. The number of nitrogens with one attached hydrogen (secondary N) is 3. The summed E-state index contributed by atoms with van der Waals surface area (Å²) < 4.78 is 85.5. The molecule has 20 rings (SSSR count). The highest BCUT2D eigenvalue weighted by Crippen LogP contribution is 2.35. The van der Waals surface area contributed by atoms with E-state index in [-0.39, 0.29) is 106 Å². The van der Waals surface area contributed by atoms with Gasteiger partial charge in [0.1, 0.15) is 64.3 Å². The fraction of sp³-hybridized carbons (Fsp3) is 0.128. The van der Waals surface area contributed by atoms with Crippen LogP contribution in [0.5, 0.6) is 0 Å². The first-order valence-electron chi connectivity index (χ1n) is 45.0. The minimum Gasteiger partial charge on any atom is -0.384 e. The summed E-state index contributed by atoms with van der Waals surface area (Å²) in [6, 6.07) is 87.3. The van der Waals surface area contributed by atoms with Gasteiger partial charge in [0.05, 0.1) is 87.5 Å². The summed E-state index contributed by atoms with van der Waals surface area (Å²) in [6.07, 6.45) is 0. The van der Waals surface area contributed by atoms with Gasteiger partial charge in [-0.15, -0.1) is 0 Å². The van der Waals surface area contributed by atoms with Gasteiger partial charge in [-0.1, -0.05) is 210 Å². The number of nitrogens with zero attached hydrogens (tertiary/aromatic N) is 16. The van der Waals surface area contributed by atoms with Gasteiger partial charge >= 0.3 is 0 Å². The zero-order valence-electron chi connectivity index (χ0n) is 78.6. The lowest BCUT2D eigenvalue weighted by molar-refractivity contribution is 0.221. The molecule has 10 aromatic heterocycles. The summed E-state index contributed by atoms with van der Waals surface area (Å²) in [5.74, 6) is -1.57. The molecule has 145 heavy (non-hydrogen) atoms. The molecule has 0 atom stereocenters. The largest absolute Gasteiger partial charge is 0.384 e. The molecule has 0 aliphatic carbocycles. The zero-order valence-corrected chi connectivity index (χ0v) is 82.4. The summed E-state index contributed by atoms with van der Waals surface area (Å²) in [6.45, 7) is 7.34. The summed E-state index contributed by atoms with van der Waals surface area (Å²) in [7, 11) is 6.78. The molecule has 26 nitrogen and oxygen atoms in total. The number of methoxy groups -OCH3 is 1. The second-order valence-electron chi connectivity index (χ2n) is 34.2. The third-order valence-electron chi connectivity index (χ3n) is 22.7. The number of anilines is 5. The van der Waals surface area contributed by atoms with Crippen LogP contribution in [0.2, 0.25) is 25.1 Å². The van der Waals surface area contributed by atoms with Crippen LogP contribution in [0.1, 0.15) is 48.6 Å². The van der Waals surface area contributed by atoms with Crippen molar-refractivity contribution in [1.82, 2.24) is 73.8 Å². The van der Waals surface area contributed by atoms with Crippen molar-refractivity contribution >= 4 is 141 Å². The lowest BCUT2D eigenvalue weighted by atomic mass is 10.1. The second kappa shape index (κ2) is 45.3. The molecule has 0 spiro atoms. The Kier molecular flexibility index (Phi) is 31.8. The third kappa shape index (κ3) is 24.2. The third-order valence-corrected chi connectivity index (χ3v) is 24.0. The van der Waals surface area contributed by atoms with E-state index in [1.807, 2.05) is 81.4 Å². The highest BCUT2D eigenvalue weighted by molar-refractivity contribution is 6.32. The van der Waals surface area contributed by atoms with Gasteiger partial charge in [0.15, 0.2) is 0 Å². The number of aromatic nitrogens is 15. The van der Waals surface area contributed by atoms with E-state index in [2.05, 4.69) is 66.4 Å². The van der Waals surface area contributed by atoms with E-state index >= 15 is 4.39 Å². The standard InChI is InChI=1S/C24H22ClFN4O.C22H18ClFN4O2.C22H18ClFN4O.C21H16ClFN4O.C20H14ClFN4O/c1-24(2,3)28-20-13-12-19(22(26)27-20)21-17-6-4-5-7-18(17)23(31)30(29-21)14-15-8-10-16(25)11-9-15;1-30-13-25-19-11-10-18(21(24)26-19)20-16-4-2-3-5-17(16)22(29)28(27-20)12-14-6-8-15(23)9-7-14;1-27(2)19-12-11-18(21(24)25-19)20-16-5-3-4-6-17(16)22(29)28(26-20)13-14-7-9-15(23)10-8-14;1-24-18-11-10-17(20(23)25-18)19-15-4-2-3-5-16(15)21(28)27(26-19)12-13-6-8-14(22)9-7-13;21-13-7-5-12(6-8-13)11-26-20(27)15-4-2-1-3-14(15)18(25-26)16-9-10-17(23)24-19(16)22/h4-13H,14H2,1-3H3,(H,27,28);2-11H,12-13H2,1H3,(H,25,26);3-12H,13H2,1-2H3;2-11H,12H2,1H3,(H,24,25);1-10H,11H2,(H2,23,24). The number of benzene rings is 10. The molecule has 10 aromatic carbocycles. The van der Waals surface area contributed by atoms with Crippen LogP contribution in [0.4, 0.5) is 51.0 Å². The molecule has 730 valence electrons. The predicted molar refractivity (Wildman–Crippen MR) is 566 cm³/mol. The van der Waals surface area contributed by atoms with E-state index in [9.17, 15) is 41.5 Å². The topological polar surface area (TPSA) is 313 Å². The van der Waals surface area contributed by atoms with Crippen LogP contribution in [0.3, 0.4) is 0 Å². The molecule has 0 radical (unpaired) electrons. The quantitative estimate of drug-likeness (QED) is 0.0295. The Morgan fingerprint density at radius 2 is 0.545 bits per heavy atom. The molecule has 20 aromatic rings. The number of hydrogen-bond donors (Lipinski definition) is 4. The van der Waals surface area contributed by atoms with Gasteiger partial charge in [-0.05, 0) is 200 Å². The summed E-state index contributed by atoms with van der Waals surface area (Å²) in [5, 5.41) is 39.5. The first-order valence-corrected chi connectivity index (χ1v) is 46.9. The Morgan fingerprint density at radius 1 is 0.310 bits per heavy atom. The molecule has 5 N–H and O–H groups in total. The summed E-state index contributed by atoms with van der Waals surface area (Å²) in [5.41, 5.74) is 11.3. The minimum atomic E-state index is -0.732. The molecule has 0 amide bonds. The van der Waals surface area contributed by atoms with Gasteiger partial charge in [-0.3, -0.25) is 24.0 Å². The lowest BCUT2D eigenvalue weighted by Crippen LogP contribution is -2.27. The van der Waals surface area contributed by atoms with Crippen molar-refractivity contribution in [1.29, 1.82) is 0 Å². The first-order chi connectivity index (χ1) is 69.8. The van der Waals surface area contributed by atoms with Crippen molar-refractivity contribution in [3.63, 3.8) is 0 Å². The Bertz CT molecular complexity index is 8540. The Morgan fingerprint density at radius 3 is 0.793 bits per heavy atom. The van der Waals surface area contributed by atoms with Crippen LogP contribution in [-0.2, 0) is 37.5 Å². The van der Waals surface area contributed by atoms with Crippen LogP contribution in [0.15, 0.2) is 327 Å².